The molecule has 0 fully saturated rings. The first-order valence-corrected chi connectivity index (χ1v) is 9.46. The second-order valence-corrected chi connectivity index (χ2v) is 7.14. The van der Waals surface area contributed by atoms with Crippen LogP contribution in [-0.4, -0.2) is 20.7 Å². The molecule has 3 rings (SSSR count). The molecule has 26 heavy (non-hydrogen) atoms. The van der Waals surface area contributed by atoms with Crippen LogP contribution in [0, 0.1) is 13.8 Å². The van der Waals surface area contributed by atoms with E-state index in [2.05, 4.69) is 59.7 Å². The standard InChI is InChI=1S/C20H22N4OS/c1-14-8-10-18(11-9-14)24-19(12-21-16(3)25)22-23-20(24)26-13-17-7-5-4-6-15(17)2/h4-11H,12-13H2,1-3H3,(H,21,25). The summed E-state index contributed by atoms with van der Waals surface area (Å²) in [7, 11) is 0. The lowest BCUT2D eigenvalue weighted by atomic mass is 10.1. The molecule has 1 heterocycles. The van der Waals surface area contributed by atoms with Crippen molar-refractivity contribution >= 4 is 17.7 Å². The van der Waals surface area contributed by atoms with Crippen molar-refractivity contribution in [3.63, 3.8) is 0 Å². The van der Waals surface area contributed by atoms with E-state index < -0.39 is 0 Å². The fourth-order valence-electron chi connectivity index (χ4n) is 2.58. The smallest absolute Gasteiger partial charge is 0.217 e. The van der Waals surface area contributed by atoms with Crippen LogP contribution in [0.15, 0.2) is 53.7 Å². The molecule has 1 amide bonds. The van der Waals surface area contributed by atoms with E-state index in [4.69, 9.17) is 0 Å². The molecule has 0 unspecified atom stereocenters. The Morgan fingerprint density at radius 3 is 2.50 bits per heavy atom. The molecule has 1 aromatic heterocycles. The lowest BCUT2D eigenvalue weighted by Gasteiger charge is -2.11. The summed E-state index contributed by atoms with van der Waals surface area (Å²) < 4.78 is 2.01. The van der Waals surface area contributed by atoms with Crippen LogP contribution in [0.3, 0.4) is 0 Å². The van der Waals surface area contributed by atoms with E-state index in [1.807, 2.05) is 22.8 Å². The van der Waals surface area contributed by atoms with Crippen molar-refractivity contribution in [1.29, 1.82) is 0 Å². The van der Waals surface area contributed by atoms with E-state index in [1.54, 1.807) is 11.8 Å². The van der Waals surface area contributed by atoms with Gasteiger partial charge < -0.3 is 5.32 Å². The normalized spacial score (nSPS) is 10.7. The zero-order chi connectivity index (χ0) is 18.5. The van der Waals surface area contributed by atoms with E-state index >= 15 is 0 Å². The van der Waals surface area contributed by atoms with Gasteiger partial charge in [-0.1, -0.05) is 53.7 Å². The van der Waals surface area contributed by atoms with Crippen molar-refractivity contribution in [2.24, 2.45) is 0 Å². The Balaban J connectivity index is 1.90. The lowest BCUT2D eigenvalue weighted by molar-refractivity contribution is -0.119. The van der Waals surface area contributed by atoms with Crippen LogP contribution in [0.25, 0.3) is 5.69 Å². The summed E-state index contributed by atoms with van der Waals surface area (Å²) >= 11 is 1.65. The fraction of sp³-hybridized carbons (Fsp3) is 0.250. The molecule has 0 atom stereocenters. The monoisotopic (exact) mass is 366 g/mol. The van der Waals surface area contributed by atoms with E-state index in [1.165, 1.54) is 23.6 Å². The summed E-state index contributed by atoms with van der Waals surface area (Å²) in [5.74, 6) is 1.45. The predicted molar refractivity (Wildman–Crippen MR) is 104 cm³/mol. The van der Waals surface area contributed by atoms with Crippen LogP contribution >= 0.6 is 11.8 Å². The van der Waals surface area contributed by atoms with Crippen LogP contribution in [0.4, 0.5) is 0 Å². The summed E-state index contributed by atoms with van der Waals surface area (Å²) in [6.45, 7) is 6.02. The van der Waals surface area contributed by atoms with Gasteiger partial charge in [0.05, 0.1) is 6.54 Å². The second-order valence-electron chi connectivity index (χ2n) is 6.19. The van der Waals surface area contributed by atoms with Crippen molar-refractivity contribution in [3.05, 3.63) is 71.0 Å². The Morgan fingerprint density at radius 2 is 1.81 bits per heavy atom. The maximum Gasteiger partial charge on any atom is 0.217 e. The van der Waals surface area contributed by atoms with Gasteiger partial charge in [-0.3, -0.25) is 9.36 Å². The van der Waals surface area contributed by atoms with Crippen molar-refractivity contribution in [2.45, 2.75) is 38.2 Å². The summed E-state index contributed by atoms with van der Waals surface area (Å²) in [6.07, 6.45) is 0. The third-order valence-electron chi connectivity index (χ3n) is 4.11. The van der Waals surface area contributed by atoms with Gasteiger partial charge >= 0.3 is 0 Å². The van der Waals surface area contributed by atoms with Crippen molar-refractivity contribution in [3.8, 4) is 5.69 Å². The third-order valence-corrected chi connectivity index (χ3v) is 5.08. The van der Waals surface area contributed by atoms with Crippen LogP contribution in [0.5, 0.6) is 0 Å². The molecule has 5 nitrogen and oxygen atoms in total. The molecule has 0 radical (unpaired) electrons. The van der Waals surface area contributed by atoms with Gasteiger partial charge in [-0.05, 0) is 37.1 Å². The number of hydrogen-bond acceptors (Lipinski definition) is 4. The first-order valence-electron chi connectivity index (χ1n) is 8.47. The molecular formula is C20H22N4OS. The number of thioether (sulfide) groups is 1. The molecule has 2 aromatic carbocycles. The highest BCUT2D eigenvalue weighted by Gasteiger charge is 2.15. The first-order chi connectivity index (χ1) is 12.5. The Bertz CT molecular complexity index is 902. The minimum atomic E-state index is -0.0856. The van der Waals surface area contributed by atoms with Gasteiger partial charge in [0, 0.05) is 18.4 Å². The van der Waals surface area contributed by atoms with Crippen LogP contribution in [-0.2, 0) is 17.1 Å². The highest BCUT2D eigenvalue weighted by Crippen LogP contribution is 2.26. The van der Waals surface area contributed by atoms with Crippen LogP contribution in [0.1, 0.15) is 29.4 Å². The molecule has 0 spiro atoms. The summed E-state index contributed by atoms with van der Waals surface area (Å²) in [5.41, 5.74) is 4.73. The van der Waals surface area contributed by atoms with Gasteiger partial charge in [0.15, 0.2) is 11.0 Å². The molecular weight excluding hydrogens is 344 g/mol. The number of benzene rings is 2. The highest BCUT2D eigenvalue weighted by molar-refractivity contribution is 7.98. The van der Waals surface area contributed by atoms with Gasteiger partial charge in [0.1, 0.15) is 0 Å². The number of aryl methyl sites for hydroxylation is 2. The Hall–Kier alpha value is -2.60. The molecule has 0 aliphatic rings. The van der Waals surface area contributed by atoms with Gasteiger partial charge in [0.2, 0.25) is 5.91 Å². The molecule has 0 aliphatic heterocycles. The Morgan fingerprint density at radius 1 is 1.08 bits per heavy atom. The zero-order valence-electron chi connectivity index (χ0n) is 15.2. The molecule has 1 N–H and O–H groups in total. The predicted octanol–water partition coefficient (Wildman–Crippen LogP) is 3.81. The first kappa shape index (κ1) is 18.2. The van der Waals surface area contributed by atoms with E-state index in [-0.39, 0.29) is 5.91 Å². The molecule has 0 saturated carbocycles. The Kier molecular flexibility index (Phi) is 5.73. The molecule has 134 valence electrons. The number of carbonyl (C=O) groups is 1. The SMILES string of the molecule is CC(=O)NCc1nnc(SCc2ccccc2C)n1-c1ccc(C)cc1. The summed E-state index contributed by atoms with van der Waals surface area (Å²) in [6, 6.07) is 16.6. The minimum Gasteiger partial charge on any atom is -0.349 e. The summed E-state index contributed by atoms with van der Waals surface area (Å²) in [4.78, 5) is 11.3. The minimum absolute atomic E-state index is 0.0856. The second kappa shape index (κ2) is 8.19. The molecule has 3 aromatic rings. The summed E-state index contributed by atoms with van der Waals surface area (Å²) in [5, 5.41) is 12.3. The molecule has 0 aliphatic carbocycles. The Labute approximate surface area is 157 Å². The van der Waals surface area contributed by atoms with Gasteiger partial charge in [-0.15, -0.1) is 10.2 Å². The number of nitrogens with zero attached hydrogens (tertiary/aromatic N) is 3. The van der Waals surface area contributed by atoms with Crippen LogP contribution < -0.4 is 5.32 Å². The number of rotatable bonds is 6. The number of nitrogens with one attached hydrogen (secondary N) is 1. The average molecular weight is 366 g/mol. The zero-order valence-corrected chi connectivity index (χ0v) is 16.0. The largest absolute Gasteiger partial charge is 0.349 e. The number of carbonyl (C=O) groups excluding carboxylic acids is 1. The molecule has 0 saturated heterocycles. The van der Waals surface area contributed by atoms with Crippen LogP contribution in [0.2, 0.25) is 0 Å². The number of amides is 1. The maximum atomic E-state index is 11.3. The molecule has 6 heteroatoms. The van der Waals surface area contributed by atoms with E-state index in [9.17, 15) is 4.79 Å². The van der Waals surface area contributed by atoms with Crippen molar-refractivity contribution < 1.29 is 4.79 Å². The topological polar surface area (TPSA) is 59.8 Å². The van der Waals surface area contributed by atoms with Gasteiger partial charge in [-0.25, -0.2) is 0 Å². The van der Waals surface area contributed by atoms with E-state index in [0.29, 0.717) is 6.54 Å². The average Bonchev–Trinajstić information content (AvgIpc) is 3.03. The van der Waals surface area contributed by atoms with E-state index in [0.717, 1.165) is 22.4 Å². The van der Waals surface area contributed by atoms with Gasteiger partial charge in [0.25, 0.3) is 0 Å². The third kappa shape index (κ3) is 4.32. The number of hydrogen-bond donors (Lipinski definition) is 1. The molecule has 0 bridgehead atoms. The quantitative estimate of drug-likeness (QED) is 0.674. The maximum absolute atomic E-state index is 11.3. The highest BCUT2D eigenvalue weighted by atomic mass is 32.2. The van der Waals surface area contributed by atoms with Crippen molar-refractivity contribution in [1.82, 2.24) is 20.1 Å². The van der Waals surface area contributed by atoms with Gasteiger partial charge in [-0.2, -0.15) is 0 Å². The fourth-order valence-corrected chi connectivity index (χ4v) is 3.63. The van der Waals surface area contributed by atoms with Crippen molar-refractivity contribution in [2.75, 3.05) is 0 Å². The number of aromatic nitrogens is 3. The lowest BCUT2D eigenvalue weighted by Crippen LogP contribution is -2.21.